The number of hydrazone groups is 1. The maximum absolute atomic E-state index is 12.5. The number of hydrogen-bond donors (Lipinski definition) is 2. The van der Waals surface area contributed by atoms with Gasteiger partial charge in [-0.1, -0.05) is 25.5 Å². The first-order valence-corrected chi connectivity index (χ1v) is 10.2. The van der Waals surface area contributed by atoms with Gasteiger partial charge in [-0.3, -0.25) is 10.2 Å². The van der Waals surface area contributed by atoms with Crippen molar-refractivity contribution in [1.29, 1.82) is 5.41 Å². The van der Waals surface area contributed by atoms with Gasteiger partial charge in [-0.15, -0.1) is 0 Å². The number of aliphatic imine (C=N–C) groups is 1. The standard InChI is InChI=1S/C21H18N4O4S/c1-2-3-7-17-24-25-18(22)15(19(26)23-21(25)30-17)11-14-8-9-16(29-14)12-5-4-6-13(10-12)20(27)28/h4-6,8-11,22H,2-3,7H2,1H3,(H,27,28). The van der Waals surface area contributed by atoms with Crippen molar-refractivity contribution in [3.05, 3.63) is 53.3 Å². The molecule has 2 aromatic rings. The van der Waals surface area contributed by atoms with Crippen LogP contribution >= 0.6 is 11.8 Å². The molecular weight excluding hydrogens is 404 g/mol. The number of unbranched alkanes of at least 4 members (excludes halogenated alkanes) is 1. The van der Waals surface area contributed by atoms with Gasteiger partial charge in [-0.05, 0) is 54.9 Å². The minimum absolute atomic E-state index is 0.0465. The summed E-state index contributed by atoms with van der Waals surface area (Å²) in [5.41, 5.74) is 0.837. The summed E-state index contributed by atoms with van der Waals surface area (Å²) < 4.78 is 5.76. The van der Waals surface area contributed by atoms with Crippen LogP contribution in [0, 0.1) is 5.41 Å². The molecule has 1 aromatic heterocycles. The number of aromatic carboxylic acids is 1. The highest BCUT2D eigenvalue weighted by Crippen LogP contribution is 2.31. The molecule has 0 spiro atoms. The average molecular weight is 422 g/mol. The summed E-state index contributed by atoms with van der Waals surface area (Å²) in [6, 6.07) is 9.72. The zero-order chi connectivity index (χ0) is 21.3. The lowest BCUT2D eigenvalue weighted by Crippen LogP contribution is -2.35. The van der Waals surface area contributed by atoms with Crippen molar-refractivity contribution in [2.75, 3.05) is 0 Å². The normalized spacial score (nSPS) is 17.2. The summed E-state index contributed by atoms with van der Waals surface area (Å²) >= 11 is 1.32. The molecule has 0 radical (unpaired) electrons. The van der Waals surface area contributed by atoms with Crippen LogP contribution in [0.25, 0.3) is 17.4 Å². The predicted molar refractivity (Wildman–Crippen MR) is 116 cm³/mol. The fraction of sp³-hybridized carbons (Fsp3) is 0.190. The summed E-state index contributed by atoms with van der Waals surface area (Å²) in [6.07, 6.45) is 4.26. The molecule has 0 bridgehead atoms. The van der Waals surface area contributed by atoms with Crippen molar-refractivity contribution in [2.24, 2.45) is 10.1 Å². The minimum Gasteiger partial charge on any atom is -0.478 e. The van der Waals surface area contributed by atoms with Crippen LogP contribution in [-0.2, 0) is 4.79 Å². The molecule has 0 unspecified atom stereocenters. The number of carbonyl (C=O) groups excluding carboxylic acids is 1. The highest BCUT2D eigenvalue weighted by Gasteiger charge is 2.35. The van der Waals surface area contributed by atoms with Gasteiger partial charge in [0, 0.05) is 5.56 Å². The second-order valence-electron chi connectivity index (χ2n) is 6.71. The number of carboxylic acids is 1. The van der Waals surface area contributed by atoms with Gasteiger partial charge < -0.3 is 9.52 Å². The third-order valence-electron chi connectivity index (χ3n) is 4.55. The number of rotatable bonds is 6. The Morgan fingerprint density at radius 1 is 1.33 bits per heavy atom. The van der Waals surface area contributed by atoms with Crippen LogP contribution in [0.4, 0.5) is 0 Å². The molecule has 0 fully saturated rings. The van der Waals surface area contributed by atoms with E-state index in [0.717, 1.165) is 24.3 Å². The lowest BCUT2D eigenvalue weighted by atomic mass is 10.1. The molecule has 1 amide bonds. The third-order valence-corrected chi connectivity index (χ3v) is 5.52. The van der Waals surface area contributed by atoms with Crippen molar-refractivity contribution in [1.82, 2.24) is 5.01 Å². The maximum atomic E-state index is 12.5. The van der Waals surface area contributed by atoms with Crippen LogP contribution in [-0.4, -0.2) is 38.0 Å². The van der Waals surface area contributed by atoms with Crippen LogP contribution in [0.15, 0.2) is 56.5 Å². The molecule has 4 rings (SSSR count). The topological polar surface area (TPSA) is 119 Å². The molecule has 0 aliphatic carbocycles. The molecule has 0 atom stereocenters. The van der Waals surface area contributed by atoms with E-state index in [2.05, 4.69) is 17.0 Å². The first-order chi connectivity index (χ1) is 14.5. The van der Waals surface area contributed by atoms with Gasteiger partial charge >= 0.3 is 5.97 Å². The summed E-state index contributed by atoms with van der Waals surface area (Å²) in [4.78, 5) is 27.7. The number of fused-ring (bicyclic) bond motifs is 1. The first kappa shape index (κ1) is 19.8. The van der Waals surface area contributed by atoms with Crippen molar-refractivity contribution < 1.29 is 19.1 Å². The molecule has 3 heterocycles. The quantitative estimate of drug-likeness (QED) is 0.664. The molecule has 9 heteroatoms. The number of benzene rings is 1. The number of amidine groups is 2. The van der Waals surface area contributed by atoms with Crippen LogP contribution in [0.2, 0.25) is 0 Å². The number of nitrogens with zero attached hydrogens (tertiary/aromatic N) is 3. The molecule has 8 nitrogen and oxygen atoms in total. The highest BCUT2D eigenvalue weighted by atomic mass is 32.2. The van der Waals surface area contributed by atoms with E-state index < -0.39 is 11.9 Å². The van der Waals surface area contributed by atoms with E-state index in [-0.39, 0.29) is 17.0 Å². The largest absolute Gasteiger partial charge is 0.478 e. The van der Waals surface area contributed by atoms with Crippen LogP contribution in [0.1, 0.15) is 42.3 Å². The number of nitrogens with one attached hydrogen (secondary N) is 1. The Kier molecular flexibility index (Phi) is 5.37. The molecule has 152 valence electrons. The third kappa shape index (κ3) is 3.84. The number of carboxylic acid groups (broad SMARTS) is 1. The van der Waals surface area contributed by atoms with Crippen molar-refractivity contribution in [3.8, 4) is 11.3 Å². The zero-order valence-electron chi connectivity index (χ0n) is 16.1. The van der Waals surface area contributed by atoms with Crippen LogP contribution < -0.4 is 0 Å². The second-order valence-corrected chi connectivity index (χ2v) is 7.75. The Morgan fingerprint density at radius 3 is 2.93 bits per heavy atom. The number of thioether (sulfide) groups is 1. The van der Waals surface area contributed by atoms with Crippen molar-refractivity contribution in [2.45, 2.75) is 26.2 Å². The molecule has 1 aromatic carbocycles. The number of amides is 1. The van der Waals surface area contributed by atoms with Gasteiger partial charge in [-0.25, -0.2) is 4.79 Å². The molecule has 0 saturated carbocycles. The Hall–Kier alpha value is -3.46. The van der Waals surface area contributed by atoms with Crippen molar-refractivity contribution >= 4 is 45.8 Å². The van der Waals surface area contributed by atoms with Gasteiger partial charge in [0.1, 0.15) is 16.6 Å². The molecular formula is C21H18N4O4S. The van der Waals surface area contributed by atoms with Gasteiger partial charge in [0.05, 0.1) is 11.1 Å². The van der Waals surface area contributed by atoms with Gasteiger partial charge in [0.25, 0.3) is 5.91 Å². The molecule has 2 aliphatic rings. The number of hydrogen-bond acceptors (Lipinski definition) is 6. The SMILES string of the molecule is CCCCC1=NN2C(=N)C(=Cc3ccc(-c4cccc(C(=O)O)c4)o3)C(=O)N=C2S1. The van der Waals surface area contributed by atoms with Gasteiger partial charge in [0.2, 0.25) is 5.17 Å². The van der Waals surface area contributed by atoms with Crippen LogP contribution in [0.3, 0.4) is 0 Å². The Balaban J connectivity index is 1.60. The summed E-state index contributed by atoms with van der Waals surface area (Å²) in [7, 11) is 0. The number of furan rings is 1. The molecule has 2 N–H and O–H groups in total. The summed E-state index contributed by atoms with van der Waals surface area (Å²) in [5.74, 6) is -0.769. The Bertz CT molecular complexity index is 1150. The lowest BCUT2D eigenvalue weighted by Gasteiger charge is -2.19. The van der Waals surface area contributed by atoms with E-state index in [4.69, 9.17) is 14.9 Å². The first-order valence-electron chi connectivity index (χ1n) is 9.39. The number of carbonyl (C=O) groups is 2. The van der Waals surface area contributed by atoms with E-state index >= 15 is 0 Å². The maximum Gasteiger partial charge on any atom is 0.335 e. The van der Waals surface area contributed by atoms with E-state index in [9.17, 15) is 9.59 Å². The van der Waals surface area contributed by atoms with Crippen molar-refractivity contribution in [3.63, 3.8) is 0 Å². The summed E-state index contributed by atoms with van der Waals surface area (Å²) in [5, 5.41) is 24.6. The predicted octanol–water partition coefficient (Wildman–Crippen LogP) is 4.45. The monoisotopic (exact) mass is 422 g/mol. The molecule has 2 aliphatic heterocycles. The van der Waals surface area contributed by atoms with Gasteiger partial charge in [0.15, 0.2) is 5.84 Å². The smallest absolute Gasteiger partial charge is 0.335 e. The zero-order valence-corrected chi connectivity index (χ0v) is 16.9. The Labute approximate surface area is 176 Å². The fourth-order valence-electron chi connectivity index (χ4n) is 2.99. The van der Waals surface area contributed by atoms with E-state index in [1.54, 1.807) is 24.3 Å². The van der Waals surface area contributed by atoms with Crippen LogP contribution in [0.5, 0.6) is 0 Å². The van der Waals surface area contributed by atoms with E-state index in [1.807, 2.05) is 0 Å². The molecule has 0 saturated heterocycles. The van der Waals surface area contributed by atoms with E-state index in [0.29, 0.717) is 22.3 Å². The van der Waals surface area contributed by atoms with Gasteiger partial charge in [-0.2, -0.15) is 15.1 Å². The highest BCUT2D eigenvalue weighted by molar-refractivity contribution is 8.26. The lowest BCUT2D eigenvalue weighted by molar-refractivity contribution is -0.114. The Morgan fingerprint density at radius 2 is 2.17 bits per heavy atom. The summed E-state index contributed by atoms with van der Waals surface area (Å²) in [6.45, 7) is 2.09. The van der Waals surface area contributed by atoms with E-state index in [1.165, 1.54) is 35.0 Å². The average Bonchev–Trinajstić information content (AvgIpc) is 3.36. The minimum atomic E-state index is -1.02. The fourth-order valence-corrected chi connectivity index (χ4v) is 3.92. The second kappa shape index (κ2) is 8.11. The molecule has 30 heavy (non-hydrogen) atoms.